The third-order valence-corrected chi connectivity index (χ3v) is 4.48. The van der Waals surface area contributed by atoms with Crippen LogP contribution in [-0.4, -0.2) is 17.0 Å². The van der Waals surface area contributed by atoms with Gasteiger partial charge < -0.3 is 9.94 Å². The Kier molecular flexibility index (Phi) is 4.33. The molecule has 28 heavy (non-hydrogen) atoms. The number of nitrogens with zero attached hydrogens (tertiary/aromatic N) is 3. The van der Waals surface area contributed by atoms with Crippen LogP contribution in [0.15, 0.2) is 72.8 Å². The average Bonchev–Trinajstić information content (AvgIpc) is 2.73. The molecule has 0 spiro atoms. The quantitative estimate of drug-likeness (QED) is 0.232. The average molecular weight is 373 g/mol. The van der Waals surface area contributed by atoms with Crippen molar-refractivity contribution >= 4 is 16.6 Å². The summed E-state index contributed by atoms with van der Waals surface area (Å²) in [5.74, 6) is 0.870. The maximum Gasteiger partial charge on any atom is 0.334 e. The molecule has 0 amide bonds. The van der Waals surface area contributed by atoms with Crippen molar-refractivity contribution in [1.29, 1.82) is 0 Å². The molecule has 4 rings (SSSR count). The molecule has 0 aliphatic heterocycles. The van der Waals surface area contributed by atoms with Gasteiger partial charge in [0.2, 0.25) is 0 Å². The van der Waals surface area contributed by atoms with E-state index >= 15 is 0 Å². The first kappa shape index (κ1) is 17.4. The molecule has 0 saturated heterocycles. The first-order valence-corrected chi connectivity index (χ1v) is 8.50. The Balaban J connectivity index is 1.95. The number of methoxy groups -OCH3 is 1. The molecule has 0 aliphatic rings. The van der Waals surface area contributed by atoms with Crippen LogP contribution in [-0.2, 0) is 0 Å². The zero-order valence-corrected chi connectivity index (χ0v) is 14.9. The lowest BCUT2D eigenvalue weighted by Crippen LogP contribution is -2.33. The Morgan fingerprint density at radius 2 is 1.57 bits per heavy atom. The van der Waals surface area contributed by atoms with E-state index in [1.807, 2.05) is 36.4 Å². The SMILES string of the molecule is COc1ccc(-c2c3ccccc3nc(-c3ccc([N+](=O)[O-])cc3)[n+]2[O-])cc1. The highest BCUT2D eigenvalue weighted by atomic mass is 16.6. The smallest absolute Gasteiger partial charge is 0.334 e. The Labute approximate surface area is 160 Å². The molecule has 1 aromatic heterocycles. The number of aromatic nitrogens is 2. The van der Waals surface area contributed by atoms with Gasteiger partial charge in [-0.2, -0.15) is 0 Å². The number of nitro groups is 1. The van der Waals surface area contributed by atoms with Crippen LogP contribution in [0, 0.1) is 15.3 Å². The molecule has 138 valence electrons. The van der Waals surface area contributed by atoms with Crippen molar-refractivity contribution in [2.45, 2.75) is 0 Å². The van der Waals surface area contributed by atoms with E-state index in [2.05, 4.69) is 4.98 Å². The molecule has 0 N–H and O–H groups in total. The third-order valence-electron chi connectivity index (χ3n) is 4.48. The maximum atomic E-state index is 13.2. The normalized spacial score (nSPS) is 10.8. The minimum absolute atomic E-state index is 0.0441. The number of fused-ring (bicyclic) bond motifs is 1. The monoisotopic (exact) mass is 373 g/mol. The summed E-state index contributed by atoms with van der Waals surface area (Å²) in [7, 11) is 1.58. The van der Waals surface area contributed by atoms with Crippen LogP contribution in [0.4, 0.5) is 5.69 Å². The predicted molar refractivity (Wildman–Crippen MR) is 105 cm³/mol. The van der Waals surface area contributed by atoms with Gasteiger partial charge in [0.25, 0.3) is 5.69 Å². The van der Waals surface area contributed by atoms with Gasteiger partial charge in [0.1, 0.15) is 11.4 Å². The summed E-state index contributed by atoms with van der Waals surface area (Å²) in [6.45, 7) is 0. The fourth-order valence-corrected chi connectivity index (χ4v) is 3.08. The topological polar surface area (TPSA) is 92.2 Å². The van der Waals surface area contributed by atoms with E-state index in [0.717, 1.165) is 10.3 Å². The van der Waals surface area contributed by atoms with E-state index in [4.69, 9.17) is 4.74 Å². The number of non-ortho nitro benzene ring substituents is 1. The van der Waals surface area contributed by atoms with Gasteiger partial charge in [0.05, 0.1) is 23.0 Å². The minimum atomic E-state index is -0.481. The van der Waals surface area contributed by atoms with Crippen LogP contribution in [0.1, 0.15) is 0 Å². The number of hydrogen-bond acceptors (Lipinski definition) is 5. The molecule has 0 saturated carbocycles. The largest absolute Gasteiger partial charge is 0.710 e. The zero-order chi connectivity index (χ0) is 19.7. The van der Waals surface area contributed by atoms with Gasteiger partial charge in [-0.05, 0) is 53.5 Å². The maximum absolute atomic E-state index is 13.2. The summed E-state index contributed by atoms with van der Waals surface area (Å²) < 4.78 is 5.96. The predicted octanol–water partition coefficient (Wildman–Crippen LogP) is 4.12. The molecule has 0 fully saturated rings. The fraction of sp³-hybridized carbons (Fsp3) is 0.0476. The van der Waals surface area contributed by atoms with Crippen molar-refractivity contribution in [3.05, 3.63) is 88.1 Å². The van der Waals surface area contributed by atoms with Crippen molar-refractivity contribution in [3.8, 4) is 28.4 Å². The lowest BCUT2D eigenvalue weighted by molar-refractivity contribution is -0.583. The Bertz CT molecular complexity index is 1170. The zero-order valence-electron chi connectivity index (χ0n) is 14.9. The molecular formula is C21H15N3O4. The van der Waals surface area contributed by atoms with E-state index in [1.165, 1.54) is 24.3 Å². The van der Waals surface area contributed by atoms with E-state index in [1.54, 1.807) is 19.2 Å². The molecule has 0 unspecified atom stereocenters. The van der Waals surface area contributed by atoms with Crippen LogP contribution < -0.4 is 9.47 Å². The van der Waals surface area contributed by atoms with E-state index < -0.39 is 4.92 Å². The van der Waals surface area contributed by atoms with Crippen molar-refractivity contribution in [2.24, 2.45) is 0 Å². The fourth-order valence-electron chi connectivity index (χ4n) is 3.08. The molecule has 7 heteroatoms. The molecule has 0 bridgehead atoms. The third kappa shape index (κ3) is 2.99. The van der Waals surface area contributed by atoms with E-state index in [9.17, 15) is 15.3 Å². The van der Waals surface area contributed by atoms with Gasteiger partial charge in [-0.1, -0.05) is 12.1 Å². The molecule has 0 aliphatic carbocycles. The van der Waals surface area contributed by atoms with Crippen LogP contribution in [0.3, 0.4) is 0 Å². The van der Waals surface area contributed by atoms with E-state index in [-0.39, 0.29) is 11.5 Å². The van der Waals surface area contributed by atoms with Crippen molar-refractivity contribution in [1.82, 2.24) is 4.98 Å². The summed E-state index contributed by atoms with van der Waals surface area (Å²) in [5.41, 5.74) is 2.30. The second kappa shape index (κ2) is 6.96. The van der Waals surface area contributed by atoms with Crippen LogP contribution in [0.25, 0.3) is 33.5 Å². The Hall–Kier alpha value is -4.00. The number of nitro benzene ring substituents is 1. The van der Waals surface area contributed by atoms with Crippen LogP contribution in [0.2, 0.25) is 0 Å². The highest BCUT2D eigenvalue weighted by molar-refractivity contribution is 5.91. The lowest BCUT2D eigenvalue weighted by atomic mass is 10.1. The minimum Gasteiger partial charge on any atom is -0.710 e. The summed E-state index contributed by atoms with van der Waals surface area (Å²) >= 11 is 0. The summed E-state index contributed by atoms with van der Waals surface area (Å²) in [4.78, 5) is 14.9. The molecular weight excluding hydrogens is 358 g/mol. The second-order valence-corrected chi connectivity index (χ2v) is 6.13. The van der Waals surface area contributed by atoms with Gasteiger partial charge >= 0.3 is 5.82 Å². The summed E-state index contributed by atoms with van der Waals surface area (Å²) in [5, 5.41) is 24.9. The van der Waals surface area contributed by atoms with Gasteiger partial charge in [0.15, 0.2) is 5.52 Å². The molecule has 3 aromatic carbocycles. The highest BCUT2D eigenvalue weighted by Crippen LogP contribution is 2.29. The molecule has 7 nitrogen and oxygen atoms in total. The van der Waals surface area contributed by atoms with E-state index in [0.29, 0.717) is 27.9 Å². The summed E-state index contributed by atoms with van der Waals surface area (Å²) in [6.07, 6.45) is 0. The van der Waals surface area contributed by atoms with Gasteiger partial charge in [0, 0.05) is 17.7 Å². The highest BCUT2D eigenvalue weighted by Gasteiger charge is 2.21. The van der Waals surface area contributed by atoms with Crippen LogP contribution in [0.5, 0.6) is 5.75 Å². The first-order valence-electron chi connectivity index (χ1n) is 8.50. The Morgan fingerprint density at radius 1 is 0.929 bits per heavy atom. The van der Waals surface area contributed by atoms with Gasteiger partial charge in [-0.25, -0.2) is 4.73 Å². The molecule has 0 atom stereocenters. The molecule has 0 radical (unpaired) electrons. The number of rotatable bonds is 4. The number of para-hydroxylation sites is 1. The summed E-state index contributed by atoms with van der Waals surface area (Å²) in [6, 6.07) is 20.4. The lowest BCUT2D eigenvalue weighted by Gasteiger charge is -2.14. The number of ether oxygens (including phenoxy) is 1. The second-order valence-electron chi connectivity index (χ2n) is 6.13. The first-order chi connectivity index (χ1) is 13.6. The number of hydrogen-bond donors (Lipinski definition) is 0. The standard InChI is InChI=1S/C21H15N3O4/c1-28-17-12-8-14(9-13-17)20-18-4-2-3-5-19(18)22-21(23(20)25)15-6-10-16(11-7-15)24(26)27/h2-13H,1H3. The number of benzene rings is 3. The Morgan fingerprint density at radius 3 is 2.21 bits per heavy atom. The molecule has 1 heterocycles. The van der Waals surface area contributed by atoms with Crippen molar-refractivity contribution in [2.75, 3.05) is 7.11 Å². The van der Waals surface area contributed by atoms with Crippen molar-refractivity contribution < 1.29 is 14.4 Å². The van der Waals surface area contributed by atoms with Crippen LogP contribution >= 0.6 is 0 Å². The molecule has 4 aromatic rings. The van der Waals surface area contributed by atoms with Gasteiger partial charge in [-0.3, -0.25) is 10.1 Å². The van der Waals surface area contributed by atoms with Crippen molar-refractivity contribution in [3.63, 3.8) is 0 Å². The van der Waals surface area contributed by atoms with Gasteiger partial charge in [-0.15, -0.1) is 0 Å².